The number of aliphatic hydroxyl groups is 1. The first-order chi connectivity index (χ1) is 11.7. The zero-order valence-electron chi connectivity index (χ0n) is 12.8. The highest BCUT2D eigenvalue weighted by Gasteiger charge is 2.16. The van der Waals surface area contributed by atoms with Gasteiger partial charge in [0.05, 0.1) is 6.21 Å². The number of hydrogen-bond donors (Lipinski definition) is 3. The standard InChI is InChI=1S/C19H16N2O3/c22-17-11-10-13-6-4-5-9-15(13)16(17)12-20-21-19(24)18(23)14-7-2-1-3-8-14/h1-12,18,22-23H,(H,21,24)/b20-12-/t18-/m1/s1. The van der Waals surface area contributed by atoms with Crippen molar-refractivity contribution in [3.05, 3.63) is 77.9 Å². The number of fused-ring (bicyclic) bond motifs is 1. The van der Waals surface area contributed by atoms with Crippen LogP contribution in [0.25, 0.3) is 10.8 Å². The third kappa shape index (κ3) is 3.26. The van der Waals surface area contributed by atoms with Crippen LogP contribution in [0.15, 0.2) is 71.8 Å². The second kappa shape index (κ2) is 6.93. The van der Waals surface area contributed by atoms with Crippen LogP contribution in [0.2, 0.25) is 0 Å². The summed E-state index contributed by atoms with van der Waals surface area (Å²) in [5, 5.41) is 25.6. The summed E-state index contributed by atoms with van der Waals surface area (Å²) in [5.41, 5.74) is 3.28. The number of hydrazone groups is 1. The van der Waals surface area contributed by atoms with Gasteiger partial charge in [-0.25, -0.2) is 5.43 Å². The molecule has 0 radical (unpaired) electrons. The number of amides is 1. The van der Waals surface area contributed by atoms with Gasteiger partial charge in [0.1, 0.15) is 5.75 Å². The molecule has 1 atom stereocenters. The highest BCUT2D eigenvalue weighted by atomic mass is 16.3. The van der Waals surface area contributed by atoms with E-state index in [1.165, 1.54) is 6.21 Å². The summed E-state index contributed by atoms with van der Waals surface area (Å²) in [7, 11) is 0. The number of phenols is 1. The molecule has 0 spiro atoms. The summed E-state index contributed by atoms with van der Waals surface area (Å²) in [6, 6.07) is 19.5. The zero-order chi connectivity index (χ0) is 16.9. The summed E-state index contributed by atoms with van der Waals surface area (Å²) >= 11 is 0. The average Bonchev–Trinajstić information content (AvgIpc) is 2.63. The molecule has 0 bridgehead atoms. The second-order valence-corrected chi connectivity index (χ2v) is 5.27. The minimum absolute atomic E-state index is 0.0651. The Morgan fingerprint density at radius 2 is 1.71 bits per heavy atom. The number of nitrogens with zero attached hydrogens (tertiary/aromatic N) is 1. The van der Waals surface area contributed by atoms with Crippen molar-refractivity contribution in [2.24, 2.45) is 5.10 Å². The van der Waals surface area contributed by atoms with Crippen molar-refractivity contribution in [3.63, 3.8) is 0 Å². The molecule has 0 aliphatic heterocycles. The highest BCUT2D eigenvalue weighted by molar-refractivity contribution is 6.02. The van der Waals surface area contributed by atoms with Crippen LogP contribution in [-0.4, -0.2) is 22.3 Å². The van der Waals surface area contributed by atoms with E-state index in [4.69, 9.17) is 0 Å². The van der Waals surface area contributed by atoms with E-state index in [2.05, 4.69) is 10.5 Å². The topological polar surface area (TPSA) is 81.9 Å². The molecule has 0 aromatic heterocycles. The summed E-state index contributed by atoms with van der Waals surface area (Å²) < 4.78 is 0. The molecule has 0 aliphatic rings. The molecule has 24 heavy (non-hydrogen) atoms. The predicted octanol–water partition coefficient (Wildman–Crippen LogP) is 2.73. The number of benzene rings is 3. The van der Waals surface area contributed by atoms with Gasteiger partial charge in [-0.15, -0.1) is 0 Å². The van der Waals surface area contributed by atoms with Crippen LogP contribution < -0.4 is 5.43 Å². The Kier molecular flexibility index (Phi) is 4.54. The molecule has 0 unspecified atom stereocenters. The van der Waals surface area contributed by atoms with E-state index in [0.29, 0.717) is 11.1 Å². The molecular weight excluding hydrogens is 304 g/mol. The van der Waals surface area contributed by atoms with E-state index in [9.17, 15) is 15.0 Å². The summed E-state index contributed by atoms with van der Waals surface area (Å²) in [5.74, 6) is -0.576. The van der Waals surface area contributed by atoms with Gasteiger partial charge in [0.2, 0.25) is 0 Å². The van der Waals surface area contributed by atoms with Crippen LogP contribution in [0.3, 0.4) is 0 Å². The molecular formula is C19H16N2O3. The van der Waals surface area contributed by atoms with E-state index >= 15 is 0 Å². The predicted molar refractivity (Wildman–Crippen MR) is 92.8 cm³/mol. The smallest absolute Gasteiger partial charge is 0.273 e. The lowest BCUT2D eigenvalue weighted by molar-refractivity contribution is -0.129. The molecule has 3 rings (SSSR count). The molecule has 0 aliphatic carbocycles. The Hall–Kier alpha value is -3.18. The maximum Gasteiger partial charge on any atom is 0.273 e. The van der Waals surface area contributed by atoms with Crippen molar-refractivity contribution >= 4 is 22.9 Å². The Morgan fingerprint density at radius 3 is 2.50 bits per heavy atom. The van der Waals surface area contributed by atoms with Gasteiger partial charge in [0, 0.05) is 5.56 Å². The van der Waals surface area contributed by atoms with Crippen LogP contribution in [0.5, 0.6) is 5.75 Å². The molecule has 5 heteroatoms. The fraction of sp³-hybridized carbons (Fsp3) is 0.0526. The zero-order valence-corrected chi connectivity index (χ0v) is 12.8. The first-order valence-electron chi connectivity index (χ1n) is 7.43. The van der Waals surface area contributed by atoms with Gasteiger partial charge in [0.15, 0.2) is 6.10 Å². The number of aliphatic hydroxyl groups excluding tert-OH is 1. The van der Waals surface area contributed by atoms with E-state index < -0.39 is 12.0 Å². The molecule has 3 N–H and O–H groups in total. The lowest BCUT2D eigenvalue weighted by Crippen LogP contribution is -2.25. The van der Waals surface area contributed by atoms with E-state index in [1.54, 1.807) is 42.5 Å². The summed E-state index contributed by atoms with van der Waals surface area (Å²) in [4.78, 5) is 11.9. The van der Waals surface area contributed by atoms with Crippen molar-refractivity contribution in [2.75, 3.05) is 0 Å². The lowest BCUT2D eigenvalue weighted by Gasteiger charge is -2.09. The largest absolute Gasteiger partial charge is 0.507 e. The van der Waals surface area contributed by atoms with Crippen molar-refractivity contribution in [2.45, 2.75) is 6.10 Å². The number of carbonyl (C=O) groups excluding carboxylic acids is 1. The SMILES string of the molecule is O=C(N/N=C\c1c(O)ccc2ccccc12)[C@H](O)c1ccccc1. The molecule has 3 aromatic carbocycles. The van der Waals surface area contributed by atoms with Gasteiger partial charge in [-0.1, -0.05) is 60.7 Å². The molecule has 5 nitrogen and oxygen atoms in total. The van der Waals surface area contributed by atoms with Crippen molar-refractivity contribution in [1.82, 2.24) is 5.43 Å². The Morgan fingerprint density at radius 1 is 1.00 bits per heavy atom. The molecule has 3 aromatic rings. The van der Waals surface area contributed by atoms with Gasteiger partial charge in [-0.05, 0) is 22.4 Å². The van der Waals surface area contributed by atoms with Crippen LogP contribution in [0.1, 0.15) is 17.2 Å². The molecule has 120 valence electrons. The fourth-order valence-corrected chi connectivity index (χ4v) is 2.43. The maximum atomic E-state index is 11.9. The third-order valence-corrected chi connectivity index (χ3v) is 3.68. The van der Waals surface area contributed by atoms with Gasteiger partial charge in [0.25, 0.3) is 5.91 Å². The summed E-state index contributed by atoms with van der Waals surface area (Å²) in [6.45, 7) is 0. The first kappa shape index (κ1) is 15.7. The van der Waals surface area contributed by atoms with E-state index in [1.807, 2.05) is 24.3 Å². The normalized spacial score (nSPS) is 12.4. The quantitative estimate of drug-likeness (QED) is 0.510. The van der Waals surface area contributed by atoms with Gasteiger partial charge < -0.3 is 10.2 Å². The number of aromatic hydroxyl groups is 1. The second-order valence-electron chi connectivity index (χ2n) is 5.27. The van der Waals surface area contributed by atoms with Crippen LogP contribution >= 0.6 is 0 Å². The lowest BCUT2D eigenvalue weighted by atomic mass is 10.0. The Balaban J connectivity index is 1.77. The van der Waals surface area contributed by atoms with Gasteiger partial charge in [-0.2, -0.15) is 5.10 Å². The third-order valence-electron chi connectivity index (χ3n) is 3.68. The van der Waals surface area contributed by atoms with Crippen LogP contribution in [0, 0.1) is 0 Å². The molecule has 0 saturated heterocycles. The molecule has 1 amide bonds. The molecule has 0 heterocycles. The van der Waals surface area contributed by atoms with Crippen LogP contribution in [-0.2, 0) is 4.79 Å². The van der Waals surface area contributed by atoms with E-state index in [0.717, 1.165) is 10.8 Å². The van der Waals surface area contributed by atoms with Gasteiger partial charge >= 0.3 is 0 Å². The number of carbonyl (C=O) groups is 1. The fourth-order valence-electron chi connectivity index (χ4n) is 2.43. The summed E-state index contributed by atoms with van der Waals surface area (Å²) in [6.07, 6.45) is 0.0669. The van der Waals surface area contributed by atoms with Crippen LogP contribution in [0.4, 0.5) is 0 Å². The number of phenolic OH excluding ortho intramolecular Hbond substituents is 1. The maximum absolute atomic E-state index is 11.9. The minimum atomic E-state index is -1.30. The highest BCUT2D eigenvalue weighted by Crippen LogP contribution is 2.25. The number of nitrogens with one attached hydrogen (secondary N) is 1. The van der Waals surface area contributed by atoms with Crippen molar-refractivity contribution in [3.8, 4) is 5.75 Å². The number of hydrogen-bond acceptors (Lipinski definition) is 4. The number of rotatable bonds is 4. The average molecular weight is 320 g/mol. The van der Waals surface area contributed by atoms with Crippen molar-refractivity contribution in [1.29, 1.82) is 0 Å². The molecule has 0 saturated carbocycles. The first-order valence-corrected chi connectivity index (χ1v) is 7.43. The Labute approximate surface area is 138 Å². The molecule has 0 fully saturated rings. The minimum Gasteiger partial charge on any atom is -0.507 e. The van der Waals surface area contributed by atoms with E-state index in [-0.39, 0.29) is 5.75 Å². The monoisotopic (exact) mass is 320 g/mol. The van der Waals surface area contributed by atoms with Crippen molar-refractivity contribution < 1.29 is 15.0 Å². The Bertz CT molecular complexity index is 892. The van der Waals surface area contributed by atoms with Gasteiger partial charge in [-0.3, -0.25) is 4.79 Å².